The number of H-pyrrole nitrogens is 1. The van der Waals surface area contributed by atoms with E-state index in [-0.39, 0.29) is 5.91 Å². The van der Waals surface area contributed by atoms with E-state index in [4.69, 9.17) is 5.10 Å². The molecule has 0 saturated carbocycles. The van der Waals surface area contributed by atoms with Crippen molar-refractivity contribution in [3.8, 4) is 16.3 Å². The number of carbonyl (C=O) groups is 1. The Morgan fingerprint density at radius 1 is 0.933 bits per heavy atom. The average molecular weight is 417 g/mol. The number of thiophene rings is 1. The Balaban J connectivity index is 1.41. The Hall–Kier alpha value is -3.45. The fourth-order valence-corrected chi connectivity index (χ4v) is 4.46. The summed E-state index contributed by atoms with van der Waals surface area (Å²) in [5.74, 6) is 1.12. The van der Waals surface area contributed by atoms with Gasteiger partial charge in [-0.25, -0.2) is 9.67 Å². The van der Waals surface area contributed by atoms with Gasteiger partial charge in [-0.05, 0) is 29.6 Å². The number of benzene rings is 1. The smallest absolute Gasteiger partial charge is 0.274 e. The van der Waals surface area contributed by atoms with Gasteiger partial charge in [-0.2, -0.15) is 5.10 Å². The van der Waals surface area contributed by atoms with E-state index >= 15 is 0 Å². The molecule has 7 heteroatoms. The minimum Gasteiger partial charge on any atom is -0.331 e. The molecule has 3 aromatic heterocycles. The largest absolute Gasteiger partial charge is 0.331 e. The number of hydrogen-bond acceptors (Lipinski definition) is 4. The number of aromatic nitrogens is 3. The molecule has 1 aliphatic heterocycles. The number of nitrogens with one attached hydrogen (secondary N) is 1. The van der Waals surface area contributed by atoms with Crippen LogP contribution >= 0.6 is 11.3 Å². The lowest BCUT2D eigenvalue weighted by atomic mass is 10.1. The zero-order valence-electron chi connectivity index (χ0n) is 16.4. The predicted octanol–water partition coefficient (Wildman–Crippen LogP) is 3.38. The van der Waals surface area contributed by atoms with E-state index in [1.165, 1.54) is 0 Å². The SMILES string of the molecule is O=C(c1cn(-c2ccccc2)nc1-c1cccs1)N1CCN(c2cccc[nH+]2)CC1. The van der Waals surface area contributed by atoms with Crippen molar-refractivity contribution in [3.05, 3.63) is 84.0 Å². The number of hydrogen-bond donors (Lipinski definition) is 0. The number of amides is 1. The highest BCUT2D eigenvalue weighted by molar-refractivity contribution is 7.13. The van der Waals surface area contributed by atoms with Crippen LogP contribution in [0, 0.1) is 0 Å². The van der Waals surface area contributed by atoms with Gasteiger partial charge >= 0.3 is 0 Å². The molecule has 6 nitrogen and oxygen atoms in total. The monoisotopic (exact) mass is 416 g/mol. The van der Waals surface area contributed by atoms with Crippen LogP contribution in [0.15, 0.2) is 78.4 Å². The molecule has 0 aliphatic carbocycles. The Kier molecular flexibility index (Phi) is 5.03. The van der Waals surface area contributed by atoms with Crippen molar-refractivity contribution in [1.29, 1.82) is 0 Å². The maximum atomic E-state index is 13.5. The van der Waals surface area contributed by atoms with Gasteiger partial charge in [0.15, 0.2) is 0 Å². The van der Waals surface area contributed by atoms with Crippen molar-refractivity contribution in [2.75, 3.05) is 31.1 Å². The molecule has 4 aromatic rings. The first kappa shape index (κ1) is 18.6. The Morgan fingerprint density at radius 2 is 1.73 bits per heavy atom. The fraction of sp³-hybridized carbons (Fsp3) is 0.174. The van der Waals surface area contributed by atoms with Crippen molar-refractivity contribution in [1.82, 2.24) is 14.7 Å². The average Bonchev–Trinajstić information content (AvgIpc) is 3.50. The Morgan fingerprint density at radius 3 is 2.43 bits per heavy atom. The van der Waals surface area contributed by atoms with Crippen LogP contribution in [0.2, 0.25) is 0 Å². The molecule has 1 N–H and O–H groups in total. The number of anilines is 1. The van der Waals surface area contributed by atoms with Gasteiger partial charge in [-0.3, -0.25) is 9.69 Å². The molecule has 30 heavy (non-hydrogen) atoms. The van der Waals surface area contributed by atoms with E-state index in [9.17, 15) is 4.79 Å². The second-order valence-electron chi connectivity index (χ2n) is 7.18. The molecular formula is C23H22N5OS+. The number of aromatic amines is 1. The minimum atomic E-state index is 0.0391. The van der Waals surface area contributed by atoms with E-state index in [1.54, 1.807) is 16.0 Å². The highest BCUT2D eigenvalue weighted by Gasteiger charge is 2.29. The first-order chi connectivity index (χ1) is 14.8. The molecule has 1 aromatic carbocycles. The van der Waals surface area contributed by atoms with Gasteiger partial charge in [0, 0.05) is 12.3 Å². The summed E-state index contributed by atoms with van der Waals surface area (Å²) >= 11 is 1.60. The van der Waals surface area contributed by atoms with Crippen LogP contribution in [0.25, 0.3) is 16.3 Å². The lowest BCUT2D eigenvalue weighted by Gasteiger charge is -2.30. The molecular weight excluding hydrogens is 394 g/mol. The summed E-state index contributed by atoms with van der Waals surface area (Å²) < 4.78 is 1.80. The summed E-state index contributed by atoms with van der Waals surface area (Å²) in [6.45, 7) is 2.96. The first-order valence-electron chi connectivity index (χ1n) is 9.99. The Bertz CT molecular complexity index is 1120. The van der Waals surface area contributed by atoms with Gasteiger partial charge < -0.3 is 4.90 Å². The maximum absolute atomic E-state index is 13.5. The first-order valence-corrected chi connectivity index (χ1v) is 10.9. The molecule has 1 fully saturated rings. The molecule has 1 saturated heterocycles. The third kappa shape index (κ3) is 3.59. The van der Waals surface area contributed by atoms with Crippen LogP contribution in [-0.2, 0) is 0 Å². The molecule has 5 rings (SSSR count). The topological polar surface area (TPSA) is 55.5 Å². The second-order valence-corrected chi connectivity index (χ2v) is 8.12. The number of nitrogens with zero attached hydrogens (tertiary/aromatic N) is 4. The molecule has 0 bridgehead atoms. The number of pyridine rings is 1. The van der Waals surface area contributed by atoms with Crippen molar-refractivity contribution in [3.63, 3.8) is 0 Å². The quantitative estimate of drug-likeness (QED) is 0.513. The summed E-state index contributed by atoms with van der Waals surface area (Å²) in [5.41, 5.74) is 2.34. The molecule has 0 atom stereocenters. The summed E-state index contributed by atoms with van der Waals surface area (Å²) in [6.07, 6.45) is 3.79. The van der Waals surface area contributed by atoms with Crippen molar-refractivity contribution in [2.45, 2.75) is 0 Å². The highest BCUT2D eigenvalue weighted by Crippen LogP contribution is 2.29. The lowest BCUT2D eigenvalue weighted by Crippen LogP contribution is -2.50. The van der Waals surface area contributed by atoms with Crippen LogP contribution in [0.4, 0.5) is 5.82 Å². The van der Waals surface area contributed by atoms with E-state index < -0.39 is 0 Å². The molecule has 4 heterocycles. The Labute approximate surface area is 179 Å². The van der Waals surface area contributed by atoms with Crippen molar-refractivity contribution in [2.24, 2.45) is 0 Å². The van der Waals surface area contributed by atoms with E-state index in [0.29, 0.717) is 18.7 Å². The standard InChI is InChI=1S/C23H21N5OS/c29-23(27-14-12-26(13-15-27)21-10-4-5-11-24-21)19-17-28(18-7-2-1-3-8-18)25-22(19)20-9-6-16-30-20/h1-11,16-17H,12-15H2/p+1. The minimum absolute atomic E-state index is 0.0391. The number of rotatable bonds is 4. The van der Waals surface area contributed by atoms with Gasteiger partial charge in [0.25, 0.3) is 11.7 Å². The van der Waals surface area contributed by atoms with Crippen LogP contribution in [0.1, 0.15) is 10.4 Å². The zero-order valence-corrected chi connectivity index (χ0v) is 17.3. The van der Waals surface area contributed by atoms with Crippen molar-refractivity contribution >= 4 is 23.1 Å². The van der Waals surface area contributed by atoms with Gasteiger partial charge in [-0.15, -0.1) is 11.3 Å². The predicted molar refractivity (Wildman–Crippen MR) is 118 cm³/mol. The van der Waals surface area contributed by atoms with Gasteiger partial charge in [0.1, 0.15) is 18.8 Å². The van der Waals surface area contributed by atoms with Gasteiger partial charge in [-0.1, -0.05) is 30.3 Å². The van der Waals surface area contributed by atoms with Crippen LogP contribution in [0.3, 0.4) is 0 Å². The highest BCUT2D eigenvalue weighted by atomic mass is 32.1. The van der Waals surface area contributed by atoms with Crippen LogP contribution in [0.5, 0.6) is 0 Å². The molecule has 150 valence electrons. The summed E-state index contributed by atoms with van der Waals surface area (Å²) in [6, 6.07) is 20.0. The molecule has 0 radical (unpaired) electrons. The molecule has 1 aliphatic rings. The van der Waals surface area contributed by atoms with E-state index in [2.05, 4.69) is 16.0 Å². The number of carbonyl (C=O) groups excluding carboxylic acids is 1. The maximum Gasteiger partial charge on any atom is 0.274 e. The number of piperazine rings is 1. The molecule has 0 unspecified atom stereocenters. The fourth-order valence-electron chi connectivity index (χ4n) is 3.74. The summed E-state index contributed by atoms with van der Waals surface area (Å²) in [5, 5.41) is 6.78. The van der Waals surface area contributed by atoms with Gasteiger partial charge in [0.2, 0.25) is 0 Å². The van der Waals surface area contributed by atoms with Crippen LogP contribution < -0.4 is 9.88 Å². The summed E-state index contributed by atoms with van der Waals surface area (Å²) in [7, 11) is 0. The summed E-state index contributed by atoms with van der Waals surface area (Å²) in [4.78, 5) is 21.9. The molecule has 1 amide bonds. The van der Waals surface area contributed by atoms with E-state index in [1.807, 2.05) is 77.3 Å². The van der Waals surface area contributed by atoms with Crippen molar-refractivity contribution < 1.29 is 9.78 Å². The van der Waals surface area contributed by atoms with Crippen LogP contribution in [-0.4, -0.2) is 46.8 Å². The lowest BCUT2D eigenvalue weighted by molar-refractivity contribution is -0.364. The molecule has 0 spiro atoms. The third-order valence-corrected chi connectivity index (χ3v) is 6.20. The second kappa shape index (κ2) is 8.12. The number of para-hydroxylation sites is 1. The van der Waals surface area contributed by atoms with Gasteiger partial charge in [0.05, 0.1) is 35.4 Å². The third-order valence-electron chi connectivity index (χ3n) is 5.32. The van der Waals surface area contributed by atoms with E-state index in [0.717, 1.165) is 35.2 Å². The normalized spacial score (nSPS) is 14.1. The zero-order chi connectivity index (χ0) is 20.3.